The second kappa shape index (κ2) is 9.06. The molecule has 0 fully saturated rings. The zero-order chi connectivity index (χ0) is 16.5. The summed E-state index contributed by atoms with van der Waals surface area (Å²) in [5.41, 5.74) is -2.49. The third kappa shape index (κ3) is 5.68. The van der Waals surface area contributed by atoms with Crippen LogP contribution in [0.2, 0.25) is 0 Å². The molecule has 0 atom stereocenters. The Morgan fingerprint density at radius 2 is 1.14 bits per heavy atom. The van der Waals surface area contributed by atoms with Crippen LogP contribution in [0.5, 0.6) is 0 Å². The van der Waals surface area contributed by atoms with Gasteiger partial charge in [-0.2, -0.15) is 0 Å². The Hall–Kier alpha value is -1.06. The smallest absolute Gasteiger partial charge is 0.321 e. The van der Waals surface area contributed by atoms with Gasteiger partial charge >= 0.3 is 11.9 Å². The van der Waals surface area contributed by atoms with Gasteiger partial charge < -0.3 is 10.2 Å². The fourth-order valence-corrected chi connectivity index (χ4v) is 2.85. The minimum absolute atomic E-state index is 0.204. The fourth-order valence-electron chi connectivity index (χ4n) is 2.85. The topological polar surface area (TPSA) is 74.6 Å². The Bertz CT molecular complexity index is 314. The number of aliphatic carboxylic acids is 2. The van der Waals surface area contributed by atoms with Gasteiger partial charge in [-0.1, -0.05) is 79.1 Å². The average molecular weight is 300 g/mol. The first-order valence-electron chi connectivity index (χ1n) is 8.17. The van der Waals surface area contributed by atoms with Gasteiger partial charge in [-0.05, 0) is 11.8 Å². The third-order valence-electron chi connectivity index (χ3n) is 4.42. The van der Waals surface area contributed by atoms with Crippen molar-refractivity contribution >= 4 is 11.9 Å². The van der Waals surface area contributed by atoms with Crippen LogP contribution in [-0.2, 0) is 9.59 Å². The zero-order valence-electron chi connectivity index (χ0n) is 14.1. The van der Waals surface area contributed by atoms with Crippen molar-refractivity contribution in [1.29, 1.82) is 0 Å². The minimum atomic E-state index is -1.69. The lowest BCUT2D eigenvalue weighted by atomic mass is 9.64. The maximum absolute atomic E-state index is 11.6. The summed E-state index contributed by atoms with van der Waals surface area (Å²) in [6, 6.07) is 0. The highest BCUT2D eigenvalue weighted by atomic mass is 16.4. The lowest BCUT2D eigenvalue weighted by Gasteiger charge is -2.37. The number of carboxylic acids is 2. The molecule has 0 aromatic rings. The molecule has 0 unspecified atom stereocenters. The van der Waals surface area contributed by atoms with Gasteiger partial charge in [-0.25, -0.2) is 0 Å². The lowest BCUT2D eigenvalue weighted by molar-refractivity contribution is -0.174. The Labute approximate surface area is 128 Å². The van der Waals surface area contributed by atoms with E-state index in [0.717, 1.165) is 19.3 Å². The predicted molar refractivity (Wildman–Crippen MR) is 84.4 cm³/mol. The van der Waals surface area contributed by atoms with Crippen molar-refractivity contribution in [2.24, 2.45) is 10.8 Å². The Kier molecular flexibility index (Phi) is 8.60. The van der Waals surface area contributed by atoms with Crippen molar-refractivity contribution in [3.05, 3.63) is 0 Å². The average Bonchev–Trinajstić information content (AvgIpc) is 2.34. The van der Waals surface area contributed by atoms with E-state index in [9.17, 15) is 19.8 Å². The number of hydrogen-bond donors (Lipinski definition) is 2. The normalized spacial score (nSPS) is 12.4. The maximum Gasteiger partial charge on any atom is 0.321 e. The van der Waals surface area contributed by atoms with E-state index >= 15 is 0 Å². The molecule has 0 rings (SSSR count). The van der Waals surface area contributed by atoms with Crippen LogP contribution in [0.25, 0.3) is 0 Å². The van der Waals surface area contributed by atoms with E-state index in [-0.39, 0.29) is 6.42 Å². The molecule has 0 heterocycles. The van der Waals surface area contributed by atoms with Crippen molar-refractivity contribution in [1.82, 2.24) is 0 Å². The molecule has 4 heteroatoms. The van der Waals surface area contributed by atoms with Gasteiger partial charge in [0.1, 0.15) is 0 Å². The second-order valence-electron chi connectivity index (χ2n) is 6.99. The molecule has 0 spiro atoms. The molecule has 124 valence electrons. The third-order valence-corrected chi connectivity index (χ3v) is 4.42. The van der Waals surface area contributed by atoms with Crippen molar-refractivity contribution in [2.45, 2.75) is 85.5 Å². The molecular weight excluding hydrogens is 268 g/mol. The molecule has 0 saturated heterocycles. The Morgan fingerprint density at radius 1 is 0.762 bits per heavy atom. The van der Waals surface area contributed by atoms with Crippen molar-refractivity contribution in [3.8, 4) is 0 Å². The molecular formula is C17H32O4. The summed E-state index contributed by atoms with van der Waals surface area (Å²) in [4.78, 5) is 23.1. The molecule has 0 aliphatic carbocycles. The van der Waals surface area contributed by atoms with Crippen LogP contribution in [0.3, 0.4) is 0 Å². The molecule has 2 N–H and O–H groups in total. The molecule has 4 nitrogen and oxygen atoms in total. The first kappa shape index (κ1) is 19.9. The number of rotatable bonds is 11. The number of carboxylic acid groups (broad SMARTS) is 2. The zero-order valence-corrected chi connectivity index (χ0v) is 14.1. The van der Waals surface area contributed by atoms with Crippen LogP contribution in [0.4, 0.5) is 0 Å². The highest BCUT2D eigenvalue weighted by Crippen LogP contribution is 2.43. The standard InChI is InChI=1S/C17H32O4/c1-5-6-7-8-9-10-11-12-13-17(14(18)19,15(20)21)16(2,3)4/h5-13H2,1-4H3,(H,18,19)(H,20,21). The van der Waals surface area contributed by atoms with E-state index < -0.39 is 22.8 Å². The molecule has 0 aliphatic heterocycles. The van der Waals surface area contributed by atoms with E-state index in [1.807, 2.05) is 0 Å². The summed E-state index contributed by atoms with van der Waals surface area (Å²) in [6.07, 6.45) is 8.95. The summed E-state index contributed by atoms with van der Waals surface area (Å²) in [5.74, 6) is -2.43. The Morgan fingerprint density at radius 3 is 1.48 bits per heavy atom. The van der Waals surface area contributed by atoms with Gasteiger partial charge in [0.15, 0.2) is 5.41 Å². The monoisotopic (exact) mass is 300 g/mol. The predicted octanol–water partition coefficient (Wildman–Crippen LogP) is 4.72. The number of unbranched alkanes of at least 4 members (excludes halogenated alkanes) is 7. The first-order valence-corrected chi connectivity index (χ1v) is 8.17. The highest BCUT2D eigenvalue weighted by Gasteiger charge is 2.54. The maximum atomic E-state index is 11.6. The number of carbonyl (C=O) groups is 2. The van der Waals surface area contributed by atoms with Gasteiger partial charge in [0.2, 0.25) is 0 Å². The lowest BCUT2D eigenvalue weighted by Crippen LogP contribution is -2.49. The van der Waals surface area contributed by atoms with Gasteiger partial charge in [-0.3, -0.25) is 9.59 Å². The van der Waals surface area contributed by atoms with E-state index in [0.29, 0.717) is 6.42 Å². The summed E-state index contributed by atoms with van der Waals surface area (Å²) in [7, 11) is 0. The number of hydrogen-bond acceptors (Lipinski definition) is 2. The largest absolute Gasteiger partial charge is 0.480 e. The Balaban J connectivity index is 4.34. The first-order chi connectivity index (χ1) is 9.70. The van der Waals surface area contributed by atoms with Crippen LogP contribution in [0, 0.1) is 10.8 Å². The van der Waals surface area contributed by atoms with Gasteiger partial charge in [0.25, 0.3) is 0 Å². The quantitative estimate of drug-likeness (QED) is 0.427. The summed E-state index contributed by atoms with van der Waals surface area (Å²) in [6.45, 7) is 7.27. The second-order valence-corrected chi connectivity index (χ2v) is 6.99. The fraction of sp³-hybridized carbons (Fsp3) is 0.882. The molecule has 0 amide bonds. The van der Waals surface area contributed by atoms with Crippen LogP contribution >= 0.6 is 0 Å². The molecule has 0 radical (unpaired) electrons. The summed E-state index contributed by atoms with van der Waals surface area (Å²) >= 11 is 0. The van der Waals surface area contributed by atoms with Gasteiger partial charge in [0.05, 0.1) is 0 Å². The summed E-state index contributed by atoms with van der Waals surface area (Å²) in [5, 5.41) is 18.9. The minimum Gasteiger partial charge on any atom is -0.480 e. The highest BCUT2D eigenvalue weighted by molar-refractivity contribution is 5.99. The molecule has 0 saturated carbocycles. The van der Waals surface area contributed by atoms with Crippen LogP contribution in [0.1, 0.15) is 85.5 Å². The van der Waals surface area contributed by atoms with Crippen molar-refractivity contribution < 1.29 is 19.8 Å². The molecule has 21 heavy (non-hydrogen) atoms. The van der Waals surface area contributed by atoms with Crippen molar-refractivity contribution in [2.75, 3.05) is 0 Å². The summed E-state index contributed by atoms with van der Waals surface area (Å²) < 4.78 is 0. The van der Waals surface area contributed by atoms with Gasteiger partial charge in [0, 0.05) is 0 Å². The van der Waals surface area contributed by atoms with Crippen molar-refractivity contribution in [3.63, 3.8) is 0 Å². The van der Waals surface area contributed by atoms with E-state index in [1.165, 1.54) is 25.7 Å². The van der Waals surface area contributed by atoms with Crippen LogP contribution in [0.15, 0.2) is 0 Å². The van der Waals surface area contributed by atoms with E-state index in [1.54, 1.807) is 20.8 Å². The van der Waals surface area contributed by atoms with Crippen LogP contribution < -0.4 is 0 Å². The van der Waals surface area contributed by atoms with Gasteiger partial charge in [-0.15, -0.1) is 0 Å². The van der Waals surface area contributed by atoms with Crippen LogP contribution in [-0.4, -0.2) is 22.2 Å². The van der Waals surface area contributed by atoms with E-state index in [2.05, 4.69) is 6.92 Å². The molecule has 0 bridgehead atoms. The molecule has 0 aromatic carbocycles. The SMILES string of the molecule is CCCCCCCCCCC(C(=O)O)(C(=O)O)C(C)(C)C. The van der Waals surface area contributed by atoms with E-state index in [4.69, 9.17) is 0 Å². The molecule has 0 aromatic heterocycles. The molecule has 0 aliphatic rings.